The Balaban J connectivity index is 1.75. The second-order valence-corrected chi connectivity index (χ2v) is 5.52. The van der Waals surface area contributed by atoms with E-state index in [1.165, 1.54) is 37.9 Å². The van der Waals surface area contributed by atoms with Crippen LogP contribution in [0.4, 0.5) is 0 Å². The first-order valence-corrected chi connectivity index (χ1v) is 7.16. The number of nitrogens with zero attached hydrogens (tertiary/aromatic N) is 1. The van der Waals surface area contributed by atoms with Crippen LogP contribution in [0.25, 0.3) is 0 Å². The van der Waals surface area contributed by atoms with Crippen molar-refractivity contribution in [2.75, 3.05) is 26.2 Å². The van der Waals surface area contributed by atoms with E-state index in [0.29, 0.717) is 0 Å². The van der Waals surface area contributed by atoms with Crippen LogP contribution < -0.4 is 4.74 Å². The topological polar surface area (TPSA) is 12.5 Å². The van der Waals surface area contributed by atoms with Gasteiger partial charge in [0.05, 0.1) is 0 Å². The minimum Gasteiger partial charge on any atom is -0.492 e. The molecule has 0 spiro atoms. The molecule has 1 aliphatic heterocycles. The van der Waals surface area contributed by atoms with Gasteiger partial charge in [-0.3, -0.25) is 4.90 Å². The van der Waals surface area contributed by atoms with E-state index in [4.69, 9.17) is 4.74 Å². The molecule has 94 valence electrons. The summed E-state index contributed by atoms with van der Waals surface area (Å²) in [7, 11) is 0. The number of benzene rings is 1. The van der Waals surface area contributed by atoms with Crippen molar-refractivity contribution in [3.63, 3.8) is 0 Å². The van der Waals surface area contributed by atoms with Gasteiger partial charge in [0.2, 0.25) is 0 Å². The fourth-order valence-corrected chi connectivity index (χ4v) is 2.43. The third kappa shape index (κ3) is 4.00. The lowest BCUT2D eigenvalue weighted by Gasteiger charge is -2.26. The first-order chi connectivity index (χ1) is 8.25. The van der Waals surface area contributed by atoms with E-state index in [9.17, 15) is 0 Å². The van der Waals surface area contributed by atoms with Crippen LogP contribution in [0.3, 0.4) is 0 Å². The molecule has 0 atom stereocenters. The van der Waals surface area contributed by atoms with Crippen LogP contribution in [0.15, 0.2) is 22.7 Å². The Morgan fingerprint density at radius 1 is 1.24 bits per heavy atom. The minimum atomic E-state index is 0.793. The van der Waals surface area contributed by atoms with Crippen molar-refractivity contribution in [1.82, 2.24) is 4.90 Å². The number of ether oxygens (including phenoxy) is 1. The van der Waals surface area contributed by atoms with Gasteiger partial charge in [-0.05, 0) is 56.6 Å². The van der Waals surface area contributed by atoms with Gasteiger partial charge in [-0.2, -0.15) is 0 Å². The highest BCUT2D eigenvalue weighted by atomic mass is 79.9. The monoisotopic (exact) mass is 297 g/mol. The summed E-state index contributed by atoms with van der Waals surface area (Å²) in [4.78, 5) is 2.50. The molecule has 0 amide bonds. The Kier molecular flexibility index (Phi) is 4.86. The molecular weight excluding hydrogens is 278 g/mol. The maximum atomic E-state index is 5.78. The predicted octanol–water partition coefficient (Wildman–Crippen LogP) is 3.62. The molecule has 0 radical (unpaired) electrons. The lowest BCUT2D eigenvalue weighted by molar-refractivity contribution is 0.183. The van der Waals surface area contributed by atoms with Crippen LogP contribution in [-0.2, 0) is 0 Å². The molecule has 1 aromatic rings. The average molecular weight is 298 g/mol. The summed E-state index contributed by atoms with van der Waals surface area (Å²) in [6.45, 7) is 6.41. The fourth-order valence-electron chi connectivity index (χ4n) is 2.18. The Hall–Kier alpha value is -0.540. The van der Waals surface area contributed by atoms with Gasteiger partial charge in [0.1, 0.15) is 12.4 Å². The zero-order chi connectivity index (χ0) is 12.1. The standard InChI is InChI=1S/C14H20BrNO/c1-12-11-13(5-6-14(12)15)17-10-9-16-7-3-2-4-8-16/h5-6,11H,2-4,7-10H2,1H3. The number of likely N-dealkylation sites (tertiary alicyclic amines) is 1. The molecular formula is C14H20BrNO. The molecule has 1 heterocycles. The molecule has 0 aliphatic carbocycles. The van der Waals surface area contributed by atoms with Crippen molar-refractivity contribution >= 4 is 15.9 Å². The Bertz CT molecular complexity index is 361. The summed E-state index contributed by atoms with van der Waals surface area (Å²) in [5.74, 6) is 0.975. The number of halogens is 1. The number of rotatable bonds is 4. The minimum absolute atomic E-state index is 0.793. The molecule has 1 saturated heterocycles. The highest BCUT2D eigenvalue weighted by Crippen LogP contribution is 2.21. The molecule has 1 fully saturated rings. The van der Waals surface area contributed by atoms with E-state index in [0.717, 1.165) is 23.4 Å². The van der Waals surface area contributed by atoms with Crippen molar-refractivity contribution in [2.45, 2.75) is 26.2 Å². The summed E-state index contributed by atoms with van der Waals surface area (Å²) in [5, 5.41) is 0. The second kappa shape index (κ2) is 6.41. The predicted molar refractivity (Wildman–Crippen MR) is 74.7 cm³/mol. The Morgan fingerprint density at radius 3 is 2.71 bits per heavy atom. The highest BCUT2D eigenvalue weighted by molar-refractivity contribution is 9.10. The molecule has 0 aromatic heterocycles. The summed E-state index contributed by atoms with van der Waals surface area (Å²) < 4.78 is 6.92. The first-order valence-electron chi connectivity index (χ1n) is 6.37. The summed E-state index contributed by atoms with van der Waals surface area (Å²) in [6.07, 6.45) is 4.08. The largest absolute Gasteiger partial charge is 0.492 e. The molecule has 0 bridgehead atoms. The van der Waals surface area contributed by atoms with E-state index in [1.807, 2.05) is 12.1 Å². The highest BCUT2D eigenvalue weighted by Gasteiger charge is 2.09. The zero-order valence-corrected chi connectivity index (χ0v) is 12.0. The molecule has 17 heavy (non-hydrogen) atoms. The van der Waals surface area contributed by atoms with Gasteiger partial charge in [0, 0.05) is 11.0 Å². The smallest absolute Gasteiger partial charge is 0.119 e. The summed E-state index contributed by atoms with van der Waals surface area (Å²) >= 11 is 3.50. The molecule has 0 saturated carbocycles. The first kappa shape index (κ1) is 12.9. The van der Waals surface area contributed by atoms with E-state index in [2.05, 4.69) is 33.8 Å². The molecule has 1 aromatic carbocycles. The van der Waals surface area contributed by atoms with Crippen LogP contribution in [-0.4, -0.2) is 31.1 Å². The van der Waals surface area contributed by atoms with Gasteiger partial charge < -0.3 is 4.74 Å². The quantitative estimate of drug-likeness (QED) is 0.842. The third-order valence-electron chi connectivity index (χ3n) is 3.25. The Morgan fingerprint density at radius 2 is 2.00 bits per heavy atom. The number of hydrogen-bond donors (Lipinski definition) is 0. The van der Waals surface area contributed by atoms with Crippen molar-refractivity contribution in [2.24, 2.45) is 0 Å². The summed E-state index contributed by atoms with van der Waals surface area (Å²) in [5.41, 5.74) is 1.22. The zero-order valence-electron chi connectivity index (χ0n) is 10.4. The van der Waals surface area contributed by atoms with Crippen LogP contribution in [0, 0.1) is 6.92 Å². The van der Waals surface area contributed by atoms with E-state index >= 15 is 0 Å². The Labute approximate surface area is 112 Å². The lowest BCUT2D eigenvalue weighted by atomic mass is 10.1. The molecule has 2 nitrogen and oxygen atoms in total. The number of piperidine rings is 1. The second-order valence-electron chi connectivity index (χ2n) is 4.66. The average Bonchev–Trinajstić information content (AvgIpc) is 2.35. The number of hydrogen-bond acceptors (Lipinski definition) is 2. The van der Waals surface area contributed by atoms with Gasteiger partial charge >= 0.3 is 0 Å². The van der Waals surface area contributed by atoms with Crippen molar-refractivity contribution < 1.29 is 4.74 Å². The lowest BCUT2D eigenvalue weighted by Crippen LogP contribution is -2.33. The van der Waals surface area contributed by atoms with Gasteiger partial charge in [0.25, 0.3) is 0 Å². The molecule has 0 N–H and O–H groups in total. The van der Waals surface area contributed by atoms with Gasteiger partial charge in [-0.15, -0.1) is 0 Å². The van der Waals surface area contributed by atoms with Crippen LogP contribution >= 0.6 is 15.9 Å². The molecule has 2 rings (SSSR count). The summed E-state index contributed by atoms with van der Waals surface area (Å²) in [6, 6.07) is 6.15. The van der Waals surface area contributed by atoms with E-state index in [1.54, 1.807) is 0 Å². The van der Waals surface area contributed by atoms with Crippen LogP contribution in [0.1, 0.15) is 24.8 Å². The maximum Gasteiger partial charge on any atom is 0.119 e. The van der Waals surface area contributed by atoms with Gasteiger partial charge in [-0.1, -0.05) is 22.4 Å². The maximum absolute atomic E-state index is 5.78. The van der Waals surface area contributed by atoms with E-state index < -0.39 is 0 Å². The van der Waals surface area contributed by atoms with Crippen LogP contribution in [0.2, 0.25) is 0 Å². The van der Waals surface area contributed by atoms with E-state index in [-0.39, 0.29) is 0 Å². The molecule has 3 heteroatoms. The van der Waals surface area contributed by atoms with Crippen LogP contribution in [0.5, 0.6) is 5.75 Å². The SMILES string of the molecule is Cc1cc(OCCN2CCCCC2)ccc1Br. The molecule has 1 aliphatic rings. The van der Waals surface area contributed by atoms with Gasteiger partial charge in [0.15, 0.2) is 0 Å². The fraction of sp³-hybridized carbons (Fsp3) is 0.571. The van der Waals surface area contributed by atoms with Gasteiger partial charge in [-0.25, -0.2) is 0 Å². The van der Waals surface area contributed by atoms with Crippen molar-refractivity contribution in [3.8, 4) is 5.75 Å². The molecule has 0 unspecified atom stereocenters. The number of aryl methyl sites for hydroxylation is 1. The van der Waals surface area contributed by atoms with Crippen molar-refractivity contribution in [1.29, 1.82) is 0 Å². The normalized spacial score (nSPS) is 17.1. The third-order valence-corrected chi connectivity index (χ3v) is 4.14. The van der Waals surface area contributed by atoms with Crippen molar-refractivity contribution in [3.05, 3.63) is 28.2 Å².